The zero-order valence-corrected chi connectivity index (χ0v) is 11.3. The van der Waals surface area contributed by atoms with Gasteiger partial charge in [0.2, 0.25) is 5.91 Å². The van der Waals surface area contributed by atoms with Crippen molar-refractivity contribution in [3.8, 4) is 0 Å². The smallest absolute Gasteiger partial charge is 0.223 e. The van der Waals surface area contributed by atoms with E-state index in [-0.39, 0.29) is 11.8 Å². The van der Waals surface area contributed by atoms with E-state index in [9.17, 15) is 4.79 Å². The number of amides is 1. The molecule has 3 rings (SSSR count). The summed E-state index contributed by atoms with van der Waals surface area (Å²) in [6.45, 7) is 3.08. The lowest BCUT2D eigenvalue weighted by atomic mass is 10.0. The van der Waals surface area contributed by atoms with E-state index < -0.39 is 0 Å². The van der Waals surface area contributed by atoms with Gasteiger partial charge in [0.1, 0.15) is 0 Å². The Morgan fingerprint density at radius 3 is 2.63 bits per heavy atom. The monoisotopic (exact) mass is 258 g/mol. The van der Waals surface area contributed by atoms with Gasteiger partial charge in [0.05, 0.1) is 0 Å². The molecule has 2 N–H and O–H groups in total. The van der Waals surface area contributed by atoms with Gasteiger partial charge in [0.15, 0.2) is 0 Å². The van der Waals surface area contributed by atoms with Crippen molar-refractivity contribution in [3.05, 3.63) is 35.4 Å². The fourth-order valence-corrected chi connectivity index (χ4v) is 3.25. The Morgan fingerprint density at radius 1 is 1.26 bits per heavy atom. The lowest BCUT2D eigenvalue weighted by molar-refractivity contribution is -0.124. The molecular formula is C16H22N2O. The van der Waals surface area contributed by atoms with E-state index in [1.807, 2.05) is 0 Å². The highest BCUT2D eigenvalue weighted by atomic mass is 16.1. The molecule has 1 unspecified atom stereocenters. The summed E-state index contributed by atoms with van der Waals surface area (Å²) in [5.74, 6) is 1.14. The number of benzene rings is 1. The Bertz CT molecular complexity index is 427. The fraction of sp³-hybridized carbons (Fsp3) is 0.562. The van der Waals surface area contributed by atoms with E-state index in [1.165, 1.54) is 17.5 Å². The van der Waals surface area contributed by atoms with Gasteiger partial charge in [-0.25, -0.2) is 0 Å². The predicted octanol–water partition coefficient (Wildman–Crippen LogP) is 1.52. The van der Waals surface area contributed by atoms with Crippen LogP contribution in [0.2, 0.25) is 0 Å². The highest BCUT2D eigenvalue weighted by Crippen LogP contribution is 2.26. The number of nitrogens with one attached hydrogen (secondary N) is 2. The third-order valence-electron chi connectivity index (χ3n) is 4.44. The molecule has 1 fully saturated rings. The first-order valence-corrected chi connectivity index (χ1v) is 7.38. The summed E-state index contributed by atoms with van der Waals surface area (Å²) < 4.78 is 0. The Hall–Kier alpha value is -1.35. The van der Waals surface area contributed by atoms with Crippen molar-refractivity contribution in [1.82, 2.24) is 10.6 Å². The molecule has 1 saturated heterocycles. The fourth-order valence-electron chi connectivity index (χ4n) is 3.25. The molecule has 0 saturated carbocycles. The van der Waals surface area contributed by atoms with Gasteiger partial charge in [0.25, 0.3) is 0 Å². The second-order valence-corrected chi connectivity index (χ2v) is 5.81. The molecule has 2 aliphatic rings. The number of hydrogen-bond acceptors (Lipinski definition) is 2. The maximum atomic E-state index is 12.2. The SMILES string of the molecule is O=C(NCCC1CCNC1)C1Cc2ccccc2C1. The molecule has 19 heavy (non-hydrogen) atoms. The Balaban J connectivity index is 1.44. The summed E-state index contributed by atoms with van der Waals surface area (Å²) in [7, 11) is 0. The van der Waals surface area contributed by atoms with Crippen LogP contribution in [0.25, 0.3) is 0 Å². The van der Waals surface area contributed by atoms with E-state index in [0.717, 1.165) is 44.8 Å². The van der Waals surface area contributed by atoms with Crippen LogP contribution in [0.5, 0.6) is 0 Å². The normalized spacial score (nSPS) is 22.4. The van der Waals surface area contributed by atoms with Crippen molar-refractivity contribution in [1.29, 1.82) is 0 Å². The first-order chi connectivity index (χ1) is 9.33. The quantitative estimate of drug-likeness (QED) is 0.859. The topological polar surface area (TPSA) is 41.1 Å². The summed E-state index contributed by atoms with van der Waals surface area (Å²) >= 11 is 0. The third-order valence-corrected chi connectivity index (χ3v) is 4.44. The Kier molecular flexibility index (Phi) is 3.83. The molecule has 0 aromatic heterocycles. The third kappa shape index (κ3) is 2.98. The molecular weight excluding hydrogens is 236 g/mol. The average Bonchev–Trinajstić information content (AvgIpc) is 3.07. The zero-order valence-electron chi connectivity index (χ0n) is 11.3. The molecule has 1 aromatic rings. The van der Waals surface area contributed by atoms with E-state index in [1.54, 1.807) is 0 Å². The van der Waals surface area contributed by atoms with Crippen LogP contribution in [-0.2, 0) is 17.6 Å². The van der Waals surface area contributed by atoms with Crippen LogP contribution in [0, 0.1) is 11.8 Å². The van der Waals surface area contributed by atoms with Crippen LogP contribution in [0.1, 0.15) is 24.0 Å². The standard InChI is InChI=1S/C16H22N2O/c19-16(18-8-6-12-5-7-17-11-12)15-9-13-3-1-2-4-14(13)10-15/h1-4,12,15,17H,5-11H2,(H,18,19). The van der Waals surface area contributed by atoms with Crippen LogP contribution in [-0.4, -0.2) is 25.5 Å². The van der Waals surface area contributed by atoms with E-state index >= 15 is 0 Å². The molecule has 0 radical (unpaired) electrons. The summed E-state index contributed by atoms with van der Waals surface area (Å²) in [5, 5.41) is 6.48. The largest absolute Gasteiger partial charge is 0.356 e. The van der Waals surface area contributed by atoms with Gasteiger partial charge < -0.3 is 10.6 Å². The van der Waals surface area contributed by atoms with Gasteiger partial charge in [-0.05, 0) is 55.8 Å². The van der Waals surface area contributed by atoms with Crippen molar-refractivity contribution >= 4 is 5.91 Å². The minimum atomic E-state index is 0.152. The van der Waals surface area contributed by atoms with E-state index in [4.69, 9.17) is 0 Å². The second-order valence-electron chi connectivity index (χ2n) is 5.81. The zero-order chi connectivity index (χ0) is 13.1. The van der Waals surface area contributed by atoms with Crippen LogP contribution in [0.3, 0.4) is 0 Å². The molecule has 0 bridgehead atoms. The van der Waals surface area contributed by atoms with Gasteiger partial charge in [-0.2, -0.15) is 0 Å². The Labute approximate surface area is 114 Å². The number of carbonyl (C=O) groups is 1. The van der Waals surface area contributed by atoms with Crippen molar-refractivity contribution in [2.75, 3.05) is 19.6 Å². The van der Waals surface area contributed by atoms with Gasteiger partial charge in [-0.15, -0.1) is 0 Å². The summed E-state index contributed by atoms with van der Waals surface area (Å²) in [6, 6.07) is 8.41. The molecule has 3 heteroatoms. The van der Waals surface area contributed by atoms with Crippen molar-refractivity contribution in [2.45, 2.75) is 25.7 Å². The van der Waals surface area contributed by atoms with Gasteiger partial charge >= 0.3 is 0 Å². The predicted molar refractivity (Wildman–Crippen MR) is 75.9 cm³/mol. The molecule has 1 amide bonds. The molecule has 3 nitrogen and oxygen atoms in total. The maximum absolute atomic E-state index is 12.2. The van der Waals surface area contributed by atoms with Gasteiger partial charge in [-0.3, -0.25) is 4.79 Å². The number of carbonyl (C=O) groups excluding carboxylic acids is 1. The first-order valence-electron chi connectivity index (χ1n) is 7.38. The lowest BCUT2D eigenvalue weighted by Crippen LogP contribution is -2.32. The molecule has 0 spiro atoms. The second kappa shape index (κ2) is 5.74. The molecule has 1 aromatic carbocycles. The van der Waals surface area contributed by atoms with Crippen LogP contribution >= 0.6 is 0 Å². The lowest BCUT2D eigenvalue weighted by Gasteiger charge is -2.12. The van der Waals surface area contributed by atoms with Crippen molar-refractivity contribution in [3.63, 3.8) is 0 Å². The first kappa shape index (κ1) is 12.7. The van der Waals surface area contributed by atoms with Crippen molar-refractivity contribution < 1.29 is 4.79 Å². The molecule has 102 valence electrons. The van der Waals surface area contributed by atoms with Gasteiger partial charge in [0, 0.05) is 12.5 Å². The van der Waals surface area contributed by atoms with Crippen LogP contribution < -0.4 is 10.6 Å². The van der Waals surface area contributed by atoms with Crippen LogP contribution in [0.15, 0.2) is 24.3 Å². The minimum absolute atomic E-state index is 0.152. The summed E-state index contributed by atoms with van der Waals surface area (Å²) in [4.78, 5) is 12.2. The molecule has 1 aliphatic heterocycles. The minimum Gasteiger partial charge on any atom is -0.356 e. The highest BCUT2D eigenvalue weighted by Gasteiger charge is 2.26. The molecule has 1 heterocycles. The van der Waals surface area contributed by atoms with E-state index in [0.29, 0.717) is 0 Å². The number of fused-ring (bicyclic) bond motifs is 1. The number of rotatable bonds is 4. The average molecular weight is 258 g/mol. The van der Waals surface area contributed by atoms with Gasteiger partial charge in [-0.1, -0.05) is 24.3 Å². The maximum Gasteiger partial charge on any atom is 0.223 e. The summed E-state index contributed by atoms with van der Waals surface area (Å²) in [5.41, 5.74) is 2.70. The Morgan fingerprint density at radius 2 is 2.00 bits per heavy atom. The molecule has 1 atom stereocenters. The highest BCUT2D eigenvalue weighted by molar-refractivity contribution is 5.80. The van der Waals surface area contributed by atoms with Crippen LogP contribution in [0.4, 0.5) is 0 Å². The number of hydrogen-bond donors (Lipinski definition) is 2. The van der Waals surface area contributed by atoms with Crippen molar-refractivity contribution in [2.24, 2.45) is 11.8 Å². The van der Waals surface area contributed by atoms with E-state index in [2.05, 4.69) is 34.9 Å². The summed E-state index contributed by atoms with van der Waals surface area (Å²) in [6.07, 6.45) is 4.18. The molecule has 1 aliphatic carbocycles.